The summed E-state index contributed by atoms with van der Waals surface area (Å²) in [6.07, 6.45) is 0.817. The van der Waals surface area contributed by atoms with Crippen molar-refractivity contribution in [2.45, 2.75) is 30.2 Å². The van der Waals surface area contributed by atoms with Crippen LogP contribution in [-0.4, -0.2) is 26.8 Å². The smallest absolute Gasteiger partial charge is 0.240 e. The summed E-state index contributed by atoms with van der Waals surface area (Å²) in [5.41, 5.74) is 3.30. The summed E-state index contributed by atoms with van der Waals surface area (Å²) in [4.78, 5) is 24.3. The molecule has 0 saturated carbocycles. The zero-order chi connectivity index (χ0) is 23.3. The molecule has 33 heavy (non-hydrogen) atoms. The molecule has 1 aliphatic rings. The van der Waals surface area contributed by atoms with Crippen LogP contribution in [0.25, 0.3) is 0 Å². The van der Waals surface area contributed by atoms with Gasteiger partial charge in [-0.1, -0.05) is 60.7 Å². The first-order chi connectivity index (χ1) is 15.9. The van der Waals surface area contributed by atoms with E-state index in [-0.39, 0.29) is 35.7 Å². The molecule has 0 aliphatic carbocycles. The molecule has 7 nitrogen and oxygen atoms in total. The van der Waals surface area contributed by atoms with Crippen molar-refractivity contribution in [3.8, 4) is 0 Å². The van der Waals surface area contributed by atoms with Crippen molar-refractivity contribution < 1.29 is 18.0 Å². The summed E-state index contributed by atoms with van der Waals surface area (Å²) >= 11 is 0. The van der Waals surface area contributed by atoms with Crippen LogP contribution in [0.3, 0.4) is 0 Å². The van der Waals surface area contributed by atoms with Gasteiger partial charge in [0, 0.05) is 25.1 Å². The molecule has 0 fully saturated rings. The fraction of sp³-hybridized carbons (Fsp3) is 0.200. The molecule has 1 aliphatic heterocycles. The molecule has 0 bridgehead atoms. The quantitative estimate of drug-likeness (QED) is 0.477. The highest BCUT2D eigenvalue weighted by Gasteiger charge is 2.21. The Labute approximate surface area is 193 Å². The van der Waals surface area contributed by atoms with Crippen LogP contribution in [0.4, 0.5) is 5.69 Å². The maximum atomic E-state index is 12.7. The third-order valence-electron chi connectivity index (χ3n) is 5.50. The molecule has 2 amide bonds. The van der Waals surface area contributed by atoms with E-state index in [1.54, 1.807) is 12.1 Å². The van der Waals surface area contributed by atoms with E-state index in [2.05, 4.69) is 15.4 Å². The van der Waals surface area contributed by atoms with Crippen molar-refractivity contribution in [2.75, 3.05) is 11.9 Å². The lowest BCUT2D eigenvalue weighted by atomic mass is 9.98. The molecule has 0 radical (unpaired) electrons. The summed E-state index contributed by atoms with van der Waals surface area (Å²) in [5, 5.41) is 5.74. The van der Waals surface area contributed by atoms with E-state index in [0.717, 1.165) is 16.7 Å². The molecule has 1 heterocycles. The van der Waals surface area contributed by atoms with Crippen molar-refractivity contribution in [3.63, 3.8) is 0 Å². The molecule has 3 aromatic rings. The van der Waals surface area contributed by atoms with Crippen LogP contribution in [0.5, 0.6) is 0 Å². The Hall–Kier alpha value is -3.49. The van der Waals surface area contributed by atoms with E-state index in [1.165, 1.54) is 6.07 Å². The van der Waals surface area contributed by atoms with E-state index in [0.29, 0.717) is 18.5 Å². The highest BCUT2D eigenvalue weighted by molar-refractivity contribution is 7.89. The topological polar surface area (TPSA) is 104 Å². The summed E-state index contributed by atoms with van der Waals surface area (Å²) in [6, 6.07) is 23.5. The summed E-state index contributed by atoms with van der Waals surface area (Å²) in [5.74, 6) is -0.338. The lowest BCUT2D eigenvalue weighted by Gasteiger charge is -2.20. The highest BCUT2D eigenvalue weighted by Crippen LogP contribution is 2.25. The van der Waals surface area contributed by atoms with Crippen molar-refractivity contribution in [2.24, 2.45) is 0 Å². The van der Waals surface area contributed by atoms with Crippen LogP contribution in [-0.2, 0) is 26.0 Å². The maximum absolute atomic E-state index is 12.7. The average Bonchev–Trinajstić information content (AvgIpc) is 2.83. The molecule has 0 saturated heterocycles. The molecule has 0 unspecified atom stereocenters. The molecule has 0 aromatic heterocycles. The summed E-state index contributed by atoms with van der Waals surface area (Å²) in [7, 11) is -3.78. The second-order valence-corrected chi connectivity index (χ2v) is 9.60. The molecule has 4 rings (SSSR count). The van der Waals surface area contributed by atoms with Gasteiger partial charge >= 0.3 is 0 Å². The zero-order valence-electron chi connectivity index (χ0n) is 18.0. The number of amides is 2. The summed E-state index contributed by atoms with van der Waals surface area (Å²) < 4.78 is 27.9. The Balaban J connectivity index is 1.38. The number of sulfonamides is 1. The van der Waals surface area contributed by atoms with Gasteiger partial charge in [-0.25, -0.2) is 13.1 Å². The SMILES string of the molecule is O=C1CCc2cc(S(=O)(=O)NCCC(=O)NC(c3ccccc3)c3ccccc3)ccc2N1. The van der Waals surface area contributed by atoms with Gasteiger partial charge in [0.2, 0.25) is 21.8 Å². The standard InChI is InChI=1S/C25H25N3O4S/c29-23-14-11-20-17-21(12-13-22(20)27-23)33(31,32)26-16-15-24(30)28-25(18-7-3-1-4-8-18)19-9-5-2-6-10-19/h1-10,12-13,17,25-26H,11,14-16H2,(H,27,29)(H,28,30). The minimum absolute atomic E-state index is 0.00358. The minimum Gasteiger partial charge on any atom is -0.345 e. The Morgan fingerprint density at radius 1 is 0.909 bits per heavy atom. The zero-order valence-corrected chi connectivity index (χ0v) is 18.8. The predicted octanol–water partition coefficient (Wildman–Crippen LogP) is 3.15. The van der Waals surface area contributed by atoms with E-state index in [4.69, 9.17) is 0 Å². The van der Waals surface area contributed by atoms with Crippen LogP contribution in [0.2, 0.25) is 0 Å². The van der Waals surface area contributed by atoms with Gasteiger partial charge in [-0.3, -0.25) is 9.59 Å². The van der Waals surface area contributed by atoms with Gasteiger partial charge in [0.1, 0.15) is 0 Å². The van der Waals surface area contributed by atoms with E-state index >= 15 is 0 Å². The number of rotatable bonds is 8. The molecule has 8 heteroatoms. The highest BCUT2D eigenvalue weighted by atomic mass is 32.2. The number of carbonyl (C=O) groups excluding carboxylic acids is 2. The van der Waals surface area contributed by atoms with Gasteiger partial charge in [0.25, 0.3) is 0 Å². The Morgan fingerprint density at radius 3 is 2.18 bits per heavy atom. The molecule has 170 valence electrons. The van der Waals surface area contributed by atoms with E-state index < -0.39 is 10.0 Å². The Bertz CT molecular complexity index is 1210. The van der Waals surface area contributed by atoms with E-state index in [1.807, 2.05) is 60.7 Å². The van der Waals surface area contributed by atoms with Gasteiger partial charge in [-0.15, -0.1) is 0 Å². The third-order valence-corrected chi connectivity index (χ3v) is 6.96. The monoisotopic (exact) mass is 463 g/mol. The molecular weight excluding hydrogens is 438 g/mol. The Morgan fingerprint density at radius 2 is 1.55 bits per heavy atom. The van der Waals surface area contributed by atoms with Gasteiger partial charge in [-0.05, 0) is 41.3 Å². The molecule has 3 aromatic carbocycles. The predicted molar refractivity (Wildman–Crippen MR) is 126 cm³/mol. The number of carbonyl (C=O) groups is 2. The van der Waals surface area contributed by atoms with Gasteiger partial charge in [-0.2, -0.15) is 0 Å². The molecule has 0 spiro atoms. The largest absolute Gasteiger partial charge is 0.345 e. The molecular formula is C25H25N3O4S. The number of fused-ring (bicyclic) bond motifs is 1. The van der Waals surface area contributed by atoms with Gasteiger partial charge in [0.15, 0.2) is 0 Å². The first-order valence-electron chi connectivity index (χ1n) is 10.7. The van der Waals surface area contributed by atoms with Crippen molar-refractivity contribution in [1.29, 1.82) is 0 Å². The lowest BCUT2D eigenvalue weighted by Crippen LogP contribution is -2.33. The van der Waals surface area contributed by atoms with Crippen LogP contribution < -0.4 is 15.4 Å². The number of hydrogen-bond acceptors (Lipinski definition) is 4. The van der Waals surface area contributed by atoms with Crippen molar-refractivity contribution in [3.05, 3.63) is 95.6 Å². The number of anilines is 1. The normalized spacial score (nSPS) is 13.3. The van der Waals surface area contributed by atoms with Gasteiger partial charge in [0.05, 0.1) is 10.9 Å². The number of aryl methyl sites for hydroxylation is 1. The second-order valence-electron chi connectivity index (χ2n) is 7.84. The van der Waals surface area contributed by atoms with Crippen molar-refractivity contribution in [1.82, 2.24) is 10.0 Å². The van der Waals surface area contributed by atoms with Crippen LogP contribution in [0, 0.1) is 0 Å². The molecule has 3 N–H and O–H groups in total. The first-order valence-corrected chi connectivity index (χ1v) is 12.2. The number of benzene rings is 3. The second kappa shape index (κ2) is 9.97. The van der Waals surface area contributed by atoms with Crippen molar-refractivity contribution >= 4 is 27.5 Å². The fourth-order valence-corrected chi connectivity index (χ4v) is 4.87. The average molecular weight is 464 g/mol. The van der Waals surface area contributed by atoms with Crippen LogP contribution >= 0.6 is 0 Å². The molecule has 0 atom stereocenters. The number of nitrogens with one attached hydrogen (secondary N) is 3. The minimum atomic E-state index is -3.78. The van der Waals surface area contributed by atoms with Crippen LogP contribution in [0.15, 0.2) is 83.8 Å². The number of hydrogen-bond donors (Lipinski definition) is 3. The summed E-state index contributed by atoms with van der Waals surface area (Å²) in [6.45, 7) is -0.0295. The van der Waals surface area contributed by atoms with Gasteiger partial charge < -0.3 is 10.6 Å². The maximum Gasteiger partial charge on any atom is 0.240 e. The fourth-order valence-electron chi connectivity index (χ4n) is 3.79. The lowest BCUT2D eigenvalue weighted by molar-refractivity contribution is -0.121. The van der Waals surface area contributed by atoms with Crippen LogP contribution in [0.1, 0.15) is 35.6 Å². The first kappa shape index (κ1) is 22.7. The van der Waals surface area contributed by atoms with E-state index in [9.17, 15) is 18.0 Å². The Kier molecular flexibility index (Phi) is 6.86. The third kappa shape index (κ3) is 5.66.